The minimum Gasteiger partial charge on any atom is -0.508 e. The molecule has 0 radical (unpaired) electrons. The highest BCUT2D eigenvalue weighted by Gasteiger charge is 2.36. The Morgan fingerprint density at radius 3 is 1.29 bits per heavy atom. The van der Waals surface area contributed by atoms with E-state index < -0.39 is 108 Å². The summed E-state index contributed by atoms with van der Waals surface area (Å²) in [7, 11) is 0. The number of aliphatic imine (C=N–C) groups is 1. The summed E-state index contributed by atoms with van der Waals surface area (Å²) >= 11 is 0. The number of guanidine groups is 1. The molecule has 0 aliphatic carbocycles. The maximum absolute atomic E-state index is 15.0. The number of carboxylic acids is 2. The number of carbonyl (C=O) groups excluding carboxylic acids is 7. The number of rotatable bonds is 28. The number of carboxylic acid groups (broad SMARTS) is 2. The molecule has 0 saturated heterocycles. The number of nitrogens with two attached hydrogens (primary N) is 4. The number of nitrogens with zero attached hydrogens (tertiary/aromatic N) is 1. The summed E-state index contributed by atoms with van der Waals surface area (Å²) in [5, 5.41) is 45.4. The molecule has 0 bridgehead atoms. The molecule has 0 aliphatic rings. The van der Waals surface area contributed by atoms with Gasteiger partial charge in [0.05, 0.1) is 12.5 Å². The van der Waals surface area contributed by atoms with Gasteiger partial charge in [-0.05, 0) is 71.3 Å². The van der Waals surface area contributed by atoms with Gasteiger partial charge in [-0.1, -0.05) is 80.6 Å². The van der Waals surface area contributed by atoms with Gasteiger partial charge in [0, 0.05) is 90.5 Å². The fourth-order valence-corrected chi connectivity index (χ4v) is 9.48. The molecule has 7 aromatic rings. The molecule has 3 heterocycles. The second-order valence-electron chi connectivity index (χ2n) is 20.7. The van der Waals surface area contributed by atoms with Crippen molar-refractivity contribution in [1.82, 2.24) is 46.9 Å². The molecule has 85 heavy (non-hydrogen) atoms. The van der Waals surface area contributed by atoms with Crippen molar-refractivity contribution in [2.45, 2.75) is 108 Å². The number of aliphatic carboxylic acids is 2. The van der Waals surface area contributed by atoms with Crippen molar-refractivity contribution >= 4 is 92.0 Å². The molecular weight excluding hydrogens is 1100 g/mol. The molecule has 0 saturated carbocycles. The summed E-state index contributed by atoms with van der Waals surface area (Å²) in [6.45, 7) is 4.58. The third-order valence-corrected chi connectivity index (χ3v) is 13.8. The predicted molar refractivity (Wildman–Crippen MR) is 317 cm³/mol. The number of phenolic OH excluding ortho intramolecular Hbond substituents is 1. The van der Waals surface area contributed by atoms with Crippen LogP contribution in [0.25, 0.3) is 32.7 Å². The van der Waals surface area contributed by atoms with Gasteiger partial charge >= 0.3 is 5.97 Å². The Morgan fingerprint density at radius 1 is 0.518 bits per heavy atom. The second kappa shape index (κ2) is 30.2. The number of fused-ring (bicyclic) bond motifs is 3. The Hall–Kier alpha value is -10.2. The molecule has 0 spiro atoms. The van der Waals surface area contributed by atoms with Crippen molar-refractivity contribution in [3.8, 4) is 5.75 Å². The lowest BCUT2D eigenvalue weighted by molar-refractivity contribution is -0.140. The van der Waals surface area contributed by atoms with Gasteiger partial charge in [0.25, 0.3) is 5.97 Å². The molecule has 3 aromatic heterocycles. The van der Waals surface area contributed by atoms with Crippen molar-refractivity contribution in [2.24, 2.45) is 33.8 Å². The highest BCUT2D eigenvalue weighted by atomic mass is 16.4. The van der Waals surface area contributed by atoms with E-state index in [0.717, 1.165) is 39.6 Å². The SMILES string of the molecule is CC(=O)O.CC(C)C(NC(=O)C(Cc1c[nH]c2ccccc12)NC(=O)C(Cc1ccc(O)cc1)NC(=O)C(N)CC(=O)O)C(=O)NC(Cc1c[nH]c2ccccc12)C(=O)NC(Cc1c[nH]c2ccccc12)C(=O)NC(CCCN=C(N)N)C(N)=O. The molecule has 26 heteroatoms. The first-order chi connectivity index (χ1) is 40.5. The van der Waals surface area contributed by atoms with E-state index in [1.807, 2.05) is 66.7 Å². The Morgan fingerprint density at radius 2 is 0.894 bits per heavy atom. The van der Waals surface area contributed by atoms with Crippen LogP contribution >= 0.6 is 0 Å². The van der Waals surface area contributed by atoms with Crippen molar-refractivity contribution in [1.29, 1.82) is 0 Å². The molecule has 4 aromatic carbocycles. The largest absolute Gasteiger partial charge is 0.508 e. The number of hydrogen-bond donors (Lipinski definition) is 16. The highest BCUT2D eigenvalue weighted by molar-refractivity contribution is 5.99. The van der Waals surface area contributed by atoms with Gasteiger partial charge in [-0.25, -0.2) is 0 Å². The predicted octanol–water partition coefficient (Wildman–Crippen LogP) is 1.10. The topological polar surface area (TPSA) is 450 Å². The first-order valence-corrected chi connectivity index (χ1v) is 27.2. The maximum atomic E-state index is 15.0. The molecule has 450 valence electrons. The van der Waals surface area contributed by atoms with Crippen molar-refractivity contribution in [3.05, 3.63) is 138 Å². The molecular formula is C59H72N14O12. The molecule has 20 N–H and O–H groups in total. The second-order valence-corrected chi connectivity index (χ2v) is 20.7. The van der Waals surface area contributed by atoms with Crippen molar-refractivity contribution in [3.63, 3.8) is 0 Å². The fourth-order valence-electron chi connectivity index (χ4n) is 9.48. The van der Waals surface area contributed by atoms with Crippen LogP contribution in [0.15, 0.2) is 121 Å². The fraction of sp³-hybridized carbons (Fsp3) is 0.322. The van der Waals surface area contributed by atoms with Gasteiger partial charge < -0.3 is 85.1 Å². The minimum absolute atomic E-state index is 0.0614. The van der Waals surface area contributed by atoms with E-state index in [4.69, 9.17) is 32.8 Å². The summed E-state index contributed by atoms with van der Waals surface area (Å²) in [6, 6.07) is 18.1. The van der Waals surface area contributed by atoms with Crippen LogP contribution in [0, 0.1) is 5.92 Å². The van der Waals surface area contributed by atoms with E-state index >= 15 is 0 Å². The monoisotopic (exact) mass is 1170 g/mol. The number of aromatic hydroxyl groups is 1. The summed E-state index contributed by atoms with van der Waals surface area (Å²) in [6.07, 6.45) is 4.19. The lowest BCUT2D eigenvalue weighted by atomic mass is 9.98. The minimum atomic E-state index is -1.54. The van der Waals surface area contributed by atoms with Gasteiger partial charge in [0.1, 0.15) is 42.0 Å². The number of H-pyrrole nitrogens is 3. The standard InChI is InChI=1S/C57H68N14O10.C2H4O2/c1-30(2)49(71-55(80)47(25-34-29-65-42-15-8-5-12-38(34)42)69-52(77)44(22-31-17-19-35(72)20-18-31)67-51(76)39(58)26-48(73)74)56(81)70-46(24-33-28-64-41-14-7-4-11-37(33)41)54(79)68-45(23-32-27-63-40-13-6-3-10-36(32)40)53(78)66-43(50(59)75)16-9-21-62-57(60)61;1-2(3)4/h3-8,10-15,17-20,27-30,39,43-47,49,63-65,72H,9,16,21-26,58H2,1-2H3,(H2,59,75)(H,66,78)(H,67,76)(H,68,79)(H,69,77)(H,70,81)(H,71,80)(H,73,74)(H4,60,61,62);1H3,(H,3,4). The van der Waals surface area contributed by atoms with E-state index in [1.54, 1.807) is 38.5 Å². The number of para-hydroxylation sites is 3. The normalized spacial score (nSPS) is 13.6. The van der Waals surface area contributed by atoms with Gasteiger partial charge in [0.15, 0.2) is 5.96 Å². The van der Waals surface area contributed by atoms with Gasteiger partial charge in [-0.3, -0.25) is 48.1 Å². The number of nitrogens with one attached hydrogen (secondary N) is 9. The quantitative estimate of drug-likeness (QED) is 0.0186. The summed E-state index contributed by atoms with van der Waals surface area (Å²) in [5.74, 6) is -8.85. The number of primary amides is 1. The molecule has 7 unspecified atom stereocenters. The highest BCUT2D eigenvalue weighted by Crippen LogP contribution is 2.23. The van der Waals surface area contributed by atoms with Gasteiger partial charge in [0.2, 0.25) is 41.4 Å². The summed E-state index contributed by atoms with van der Waals surface area (Å²) < 4.78 is 0. The van der Waals surface area contributed by atoms with Crippen LogP contribution in [0.2, 0.25) is 0 Å². The number of phenols is 1. The number of amides is 7. The number of carbonyl (C=O) groups is 9. The zero-order chi connectivity index (χ0) is 61.9. The first kappa shape index (κ1) is 63.9. The van der Waals surface area contributed by atoms with E-state index in [2.05, 4.69) is 51.8 Å². The first-order valence-electron chi connectivity index (χ1n) is 27.2. The average molecular weight is 1170 g/mol. The molecule has 0 aliphatic heterocycles. The van der Waals surface area contributed by atoms with Crippen LogP contribution in [0.3, 0.4) is 0 Å². The van der Waals surface area contributed by atoms with Crippen LogP contribution in [0.1, 0.15) is 62.3 Å². The average Bonchev–Trinajstić information content (AvgIpc) is 3.66. The number of aromatic nitrogens is 3. The van der Waals surface area contributed by atoms with Crippen LogP contribution in [0.5, 0.6) is 5.75 Å². The zero-order valence-corrected chi connectivity index (χ0v) is 47.0. The van der Waals surface area contributed by atoms with Crippen LogP contribution in [-0.4, -0.2) is 138 Å². The van der Waals surface area contributed by atoms with Crippen molar-refractivity contribution < 1.29 is 58.5 Å². The number of aromatic amines is 3. The van der Waals surface area contributed by atoms with Crippen molar-refractivity contribution in [2.75, 3.05) is 6.54 Å². The molecule has 0 fully saturated rings. The number of benzene rings is 4. The van der Waals surface area contributed by atoms with Gasteiger partial charge in [-0.15, -0.1) is 0 Å². The summed E-state index contributed by atoms with van der Waals surface area (Å²) in [4.78, 5) is 134. The Kier molecular flexibility index (Phi) is 22.7. The van der Waals surface area contributed by atoms with Crippen LogP contribution in [-0.2, 0) is 68.8 Å². The molecule has 7 atom stereocenters. The Balaban J connectivity index is 0.00000280. The van der Waals surface area contributed by atoms with E-state index in [1.165, 1.54) is 24.3 Å². The third-order valence-electron chi connectivity index (χ3n) is 13.8. The summed E-state index contributed by atoms with van der Waals surface area (Å²) in [5.41, 5.74) is 27.2. The zero-order valence-electron chi connectivity index (χ0n) is 47.0. The van der Waals surface area contributed by atoms with Crippen LogP contribution < -0.4 is 54.8 Å². The Bertz CT molecular complexity index is 3530. The number of hydrogen-bond acceptors (Lipinski definition) is 12. The smallest absolute Gasteiger partial charge is 0.305 e. The van der Waals surface area contributed by atoms with E-state index in [0.29, 0.717) is 22.3 Å². The molecule has 26 nitrogen and oxygen atoms in total. The molecule has 7 rings (SSSR count). The maximum Gasteiger partial charge on any atom is 0.305 e. The lowest BCUT2D eigenvalue weighted by Crippen LogP contribution is -2.61. The third kappa shape index (κ3) is 18.6. The van der Waals surface area contributed by atoms with E-state index in [9.17, 15) is 48.6 Å². The van der Waals surface area contributed by atoms with E-state index in [-0.39, 0.29) is 56.8 Å². The van der Waals surface area contributed by atoms with Gasteiger partial charge in [-0.2, -0.15) is 0 Å². The lowest BCUT2D eigenvalue weighted by Gasteiger charge is -2.29. The van der Waals surface area contributed by atoms with Crippen LogP contribution in [0.4, 0.5) is 0 Å². The molecule has 7 amide bonds. The Labute approximate surface area is 487 Å².